The summed E-state index contributed by atoms with van der Waals surface area (Å²) in [6.07, 6.45) is 0.607. The number of aromatic nitrogens is 1. The van der Waals surface area contributed by atoms with E-state index in [1.165, 1.54) is 12.1 Å². The molecule has 2 aromatic carbocycles. The molecule has 134 valence electrons. The van der Waals surface area contributed by atoms with Crippen LogP contribution in [0.4, 0.5) is 4.39 Å². The van der Waals surface area contributed by atoms with Crippen molar-refractivity contribution in [3.05, 3.63) is 59.5 Å². The van der Waals surface area contributed by atoms with Crippen LogP contribution in [-0.4, -0.2) is 24.6 Å². The number of carbonyl (C=O) groups is 1. The molecule has 1 unspecified atom stereocenters. The number of H-pyrrole nitrogens is 1. The normalized spacial score (nSPS) is 16.0. The first-order chi connectivity index (χ1) is 12.6. The van der Waals surface area contributed by atoms with Crippen LogP contribution >= 0.6 is 0 Å². The van der Waals surface area contributed by atoms with Crippen LogP contribution in [0.1, 0.15) is 11.3 Å². The minimum Gasteiger partial charge on any atom is -0.493 e. The van der Waals surface area contributed by atoms with E-state index in [1.54, 1.807) is 13.2 Å². The Hall–Kier alpha value is -3.02. The van der Waals surface area contributed by atoms with E-state index in [9.17, 15) is 9.18 Å². The van der Waals surface area contributed by atoms with Crippen LogP contribution in [0.15, 0.2) is 42.5 Å². The highest BCUT2D eigenvalue weighted by molar-refractivity contribution is 5.82. The standard InChI is InChI=1S/C20H19FN2O3/c1-25-18-4-2-3-12-7-14(11-26-19(12)18)20(24)22-10-16-9-13-8-15(21)5-6-17(13)23-16/h2-6,8-9,14,23H,7,10-11H2,1H3,(H,22,24). The molecule has 0 radical (unpaired) electrons. The molecule has 1 aromatic heterocycles. The van der Waals surface area contributed by atoms with Gasteiger partial charge in [-0.2, -0.15) is 0 Å². The number of hydrogen-bond donors (Lipinski definition) is 2. The zero-order valence-corrected chi connectivity index (χ0v) is 14.3. The van der Waals surface area contributed by atoms with Gasteiger partial charge in [0.25, 0.3) is 0 Å². The van der Waals surface area contributed by atoms with Crippen LogP contribution in [0.2, 0.25) is 0 Å². The van der Waals surface area contributed by atoms with Crippen molar-refractivity contribution in [2.24, 2.45) is 5.92 Å². The summed E-state index contributed by atoms with van der Waals surface area (Å²) in [6, 6.07) is 12.1. The molecule has 2 heterocycles. The Morgan fingerprint density at radius 1 is 1.35 bits per heavy atom. The topological polar surface area (TPSA) is 63.4 Å². The van der Waals surface area contributed by atoms with E-state index in [-0.39, 0.29) is 17.6 Å². The molecule has 5 nitrogen and oxygen atoms in total. The molecule has 1 atom stereocenters. The van der Waals surface area contributed by atoms with Gasteiger partial charge in [0.2, 0.25) is 5.91 Å². The summed E-state index contributed by atoms with van der Waals surface area (Å²) >= 11 is 0. The Bertz CT molecular complexity index is 967. The number of nitrogens with one attached hydrogen (secondary N) is 2. The van der Waals surface area contributed by atoms with E-state index >= 15 is 0 Å². The van der Waals surface area contributed by atoms with Crippen molar-refractivity contribution < 1.29 is 18.7 Å². The highest BCUT2D eigenvalue weighted by atomic mass is 19.1. The summed E-state index contributed by atoms with van der Waals surface area (Å²) in [5, 5.41) is 3.72. The van der Waals surface area contributed by atoms with Gasteiger partial charge in [-0.25, -0.2) is 4.39 Å². The largest absolute Gasteiger partial charge is 0.493 e. The first kappa shape index (κ1) is 16.4. The smallest absolute Gasteiger partial charge is 0.227 e. The summed E-state index contributed by atoms with van der Waals surface area (Å²) in [5.41, 5.74) is 2.65. The first-order valence-corrected chi connectivity index (χ1v) is 8.47. The van der Waals surface area contributed by atoms with E-state index in [4.69, 9.17) is 9.47 Å². The van der Waals surface area contributed by atoms with E-state index in [1.807, 2.05) is 24.3 Å². The fourth-order valence-electron chi connectivity index (χ4n) is 3.31. The molecule has 26 heavy (non-hydrogen) atoms. The summed E-state index contributed by atoms with van der Waals surface area (Å²) in [6.45, 7) is 0.674. The van der Waals surface area contributed by atoms with Crippen molar-refractivity contribution >= 4 is 16.8 Å². The Kier molecular flexibility index (Phi) is 4.24. The van der Waals surface area contributed by atoms with Crippen molar-refractivity contribution in [3.63, 3.8) is 0 Å². The Morgan fingerprint density at radius 2 is 2.23 bits per heavy atom. The molecular formula is C20H19FN2O3. The third kappa shape index (κ3) is 3.10. The Labute approximate surface area is 150 Å². The minimum atomic E-state index is -0.277. The molecule has 0 fully saturated rings. The number of aromatic amines is 1. The van der Waals surface area contributed by atoms with Gasteiger partial charge in [-0.3, -0.25) is 4.79 Å². The summed E-state index contributed by atoms with van der Waals surface area (Å²) in [5.74, 6) is 0.809. The molecule has 0 spiro atoms. The number of carbonyl (C=O) groups excluding carboxylic acids is 1. The maximum Gasteiger partial charge on any atom is 0.227 e. The van der Waals surface area contributed by atoms with Crippen LogP contribution in [0.3, 0.4) is 0 Å². The number of methoxy groups -OCH3 is 1. The number of para-hydroxylation sites is 1. The molecule has 2 N–H and O–H groups in total. The van der Waals surface area contributed by atoms with Gasteiger partial charge >= 0.3 is 0 Å². The van der Waals surface area contributed by atoms with Gasteiger partial charge in [-0.05, 0) is 42.3 Å². The maximum atomic E-state index is 13.3. The van der Waals surface area contributed by atoms with Gasteiger partial charge < -0.3 is 19.8 Å². The fourth-order valence-corrected chi connectivity index (χ4v) is 3.31. The maximum absolute atomic E-state index is 13.3. The van der Waals surface area contributed by atoms with Gasteiger partial charge in [0.15, 0.2) is 11.5 Å². The van der Waals surface area contributed by atoms with E-state index in [2.05, 4.69) is 10.3 Å². The van der Waals surface area contributed by atoms with Crippen molar-refractivity contribution in [1.82, 2.24) is 10.3 Å². The fraction of sp³-hybridized carbons (Fsp3) is 0.250. The lowest BCUT2D eigenvalue weighted by Crippen LogP contribution is -2.37. The molecular weight excluding hydrogens is 335 g/mol. The molecule has 3 aromatic rings. The Morgan fingerprint density at radius 3 is 3.08 bits per heavy atom. The zero-order chi connectivity index (χ0) is 18.1. The summed E-state index contributed by atoms with van der Waals surface area (Å²) < 4.78 is 24.3. The number of benzene rings is 2. The molecule has 0 saturated carbocycles. The second kappa shape index (κ2) is 6.71. The monoisotopic (exact) mass is 354 g/mol. The highest BCUT2D eigenvalue weighted by Crippen LogP contribution is 2.36. The van der Waals surface area contributed by atoms with Crippen LogP contribution in [0.5, 0.6) is 11.5 Å². The molecule has 1 amide bonds. The van der Waals surface area contributed by atoms with E-state index in [0.717, 1.165) is 27.9 Å². The van der Waals surface area contributed by atoms with Crippen molar-refractivity contribution in [3.8, 4) is 11.5 Å². The van der Waals surface area contributed by atoms with Crippen molar-refractivity contribution in [2.45, 2.75) is 13.0 Å². The molecule has 0 bridgehead atoms. The predicted molar refractivity (Wildman–Crippen MR) is 95.8 cm³/mol. The quantitative estimate of drug-likeness (QED) is 0.756. The van der Waals surface area contributed by atoms with Crippen molar-refractivity contribution in [2.75, 3.05) is 13.7 Å². The van der Waals surface area contributed by atoms with Gasteiger partial charge in [-0.15, -0.1) is 0 Å². The van der Waals surface area contributed by atoms with Gasteiger partial charge in [-0.1, -0.05) is 12.1 Å². The second-order valence-corrected chi connectivity index (χ2v) is 6.40. The molecule has 0 saturated heterocycles. The number of amides is 1. The molecule has 4 rings (SSSR count). The molecule has 1 aliphatic heterocycles. The number of fused-ring (bicyclic) bond motifs is 2. The minimum absolute atomic E-state index is 0.0664. The second-order valence-electron chi connectivity index (χ2n) is 6.40. The predicted octanol–water partition coefficient (Wildman–Crippen LogP) is 3.18. The van der Waals surface area contributed by atoms with Gasteiger partial charge in [0, 0.05) is 16.6 Å². The van der Waals surface area contributed by atoms with E-state index in [0.29, 0.717) is 25.3 Å². The van der Waals surface area contributed by atoms with Crippen LogP contribution in [-0.2, 0) is 17.8 Å². The average molecular weight is 354 g/mol. The molecule has 1 aliphatic rings. The van der Waals surface area contributed by atoms with Crippen LogP contribution in [0, 0.1) is 11.7 Å². The van der Waals surface area contributed by atoms with Crippen molar-refractivity contribution in [1.29, 1.82) is 0 Å². The summed E-state index contributed by atoms with van der Waals surface area (Å²) in [7, 11) is 1.60. The number of hydrogen-bond acceptors (Lipinski definition) is 3. The SMILES string of the molecule is COc1cccc2c1OCC(C(=O)NCc1cc3cc(F)ccc3[nH]1)C2. The average Bonchev–Trinajstić information content (AvgIpc) is 3.07. The number of ether oxygens (including phenoxy) is 2. The third-order valence-electron chi connectivity index (χ3n) is 4.64. The van der Waals surface area contributed by atoms with Crippen LogP contribution in [0.25, 0.3) is 10.9 Å². The van der Waals surface area contributed by atoms with Gasteiger partial charge in [0.1, 0.15) is 12.4 Å². The number of rotatable bonds is 4. The lowest BCUT2D eigenvalue weighted by molar-refractivity contribution is -0.126. The molecule has 0 aliphatic carbocycles. The zero-order valence-electron chi connectivity index (χ0n) is 14.3. The lowest BCUT2D eigenvalue weighted by atomic mass is 9.95. The summed E-state index contributed by atoms with van der Waals surface area (Å²) in [4.78, 5) is 15.7. The van der Waals surface area contributed by atoms with E-state index < -0.39 is 0 Å². The third-order valence-corrected chi connectivity index (χ3v) is 4.64. The first-order valence-electron chi connectivity index (χ1n) is 8.47. The molecule has 6 heteroatoms. The van der Waals surface area contributed by atoms with Gasteiger partial charge in [0.05, 0.1) is 19.6 Å². The highest BCUT2D eigenvalue weighted by Gasteiger charge is 2.27. The number of halogens is 1. The Balaban J connectivity index is 1.42. The lowest BCUT2D eigenvalue weighted by Gasteiger charge is -2.25. The van der Waals surface area contributed by atoms with Crippen LogP contribution < -0.4 is 14.8 Å².